The lowest BCUT2D eigenvalue weighted by molar-refractivity contribution is -0.139. The van der Waals surface area contributed by atoms with Crippen LogP contribution >= 0.6 is 0 Å². The molecule has 0 heterocycles. The first kappa shape index (κ1) is 13.4. The van der Waals surface area contributed by atoms with E-state index >= 15 is 0 Å². The Bertz CT molecular complexity index is 152. The van der Waals surface area contributed by atoms with Gasteiger partial charge in [0.1, 0.15) is 0 Å². The second kappa shape index (κ2) is 8.93. The molecule has 4 N–H and O–H groups in total. The van der Waals surface area contributed by atoms with E-state index in [-0.39, 0.29) is 13.0 Å². The van der Waals surface area contributed by atoms with Crippen molar-refractivity contribution in [3.05, 3.63) is 0 Å². The Hall–Kier alpha value is -0.650. The second-order valence-corrected chi connectivity index (χ2v) is 3.24. The summed E-state index contributed by atoms with van der Waals surface area (Å²) >= 11 is 0. The molecule has 0 fully saturated rings. The second-order valence-electron chi connectivity index (χ2n) is 3.24. The lowest BCUT2D eigenvalue weighted by Gasteiger charge is -2.08. The van der Waals surface area contributed by atoms with Crippen molar-refractivity contribution in [2.45, 2.75) is 31.8 Å². The highest BCUT2D eigenvalue weighted by Crippen LogP contribution is 1.93. The van der Waals surface area contributed by atoms with Gasteiger partial charge in [0.2, 0.25) is 0 Å². The molecule has 0 saturated heterocycles. The number of carboxylic acids is 1. The number of hydrogen-bond donors (Lipinski definition) is 4. The van der Waals surface area contributed by atoms with Crippen LogP contribution in [-0.2, 0) is 4.79 Å². The highest BCUT2D eigenvalue weighted by atomic mass is 16.4. The van der Waals surface area contributed by atoms with E-state index in [0.29, 0.717) is 6.54 Å². The monoisotopic (exact) mass is 205 g/mol. The van der Waals surface area contributed by atoms with Gasteiger partial charge in [-0.2, -0.15) is 0 Å². The summed E-state index contributed by atoms with van der Waals surface area (Å²) in [6, 6.07) is 0. The summed E-state index contributed by atoms with van der Waals surface area (Å²) in [6.07, 6.45) is 1.63. The van der Waals surface area contributed by atoms with Crippen molar-refractivity contribution in [1.29, 1.82) is 0 Å². The van der Waals surface area contributed by atoms with Crippen molar-refractivity contribution in [3.63, 3.8) is 0 Å². The molecule has 0 rings (SSSR count). The third-order valence-corrected chi connectivity index (χ3v) is 1.80. The highest BCUT2D eigenvalue weighted by Gasteiger charge is 2.07. The molecule has 0 bridgehead atoms. The van der Waals surface area contributed by atoms with E-state index in [2.05, 4.69) is 5.32 Å². The van der Waals surface area contributed by atoms with Crippen LogP contribution in [0.4, 0.5) is 0 Å². The normalized spacial score (nSPS) is 12.7. The Morgan fingerprint density at radius 2 is 2.00 bits per heavy atom. The molecule has 0 aromatic carbocycles. The molecule has 0 radical (unpaired) electrons. The van der Waals surface area contributed by atoms with Crippen LogP contribution < -0.4 is 5.32 Å². The molecule has 0 aliphatic carbocycles. The van der Waals surface area contributed by atoms with E-state index in [1.165, 1.54) is 0 Å². The van der Waals surface area contributed by atoms with Crippen molar-refractivity contribution in [3.8, 4) is 0 Å². The van der Waals surface area contributed by atoms with Gasteiger partial charge in [-0.15, -0.1) is 0 Å². The fraction of sp³-hybridized carbons (Fsp3) is 0.889. The first-order valence-electron chi connectivity index (χ1n) is 4.88. The molecule has 1 atom stereocenters. The molecule has 5 nitrogen and oxygen atoms in total. The summed E-state index contributed by atoms with van der Waals surface area (Å²) in [7, 11) is 0. The first-order chi connectivity index (χ1) is 6.66. The number of aliphatic hydroxyl groups excluding tert-OH is 2. The Morgan fingerprint density at radius 3 is 2.57 bits per heavy atom. The Morgan fingerprint density at radius 1 is 1.29 bits per heavy atom. The van der Waals surface area contributed by atoms with Gasteiger partial charge >= 0.3 is 5.97 Å². The number of nitrogens with one attached hydrogen (secondary N) is 1. The Balaban J connectivity index is 3.14. The summed E-state index contributed by atoms with van der Waals surface area (Å²) in [5, 5.41) is 28.9. The van der Waals surface area contributed by atoms with Gasteiger partial charge < -0.3 is 20.6 Å². The minimum atomic E-state index is -0.986. The number of carboxylic acid groups (broad SMARTS) is 1. The number of hydrogen-bond acceptors (Lipinski definition) is 4. The van der Waals surface area contributed by atoms with Gasteiger partial charge in [0.15, 0.2) is 0 Å². The van der Waals surface area contributed by atoms with Crippen LogP contribution in [0.2, 0.25) is 0 Å². The van der Waals surface area contributed by atoms with E-state index in [0.717, 1.165) is 25.8 Å². The SMILES string of the molecule is O=C(O)CC(O)CNCCCCCO. The average molecular weight is 205 g/mol. The number of aliphatic hydroxyl groups is 2. The predicted molar refractivity (Wildman–Crippen MR) is 52.1 cm³/mol. The van der Waals surface area contributed by atoms with Crippen molar-refractivity contribution in [2.75, 3.05) is 19.7 Å². The summed E-state index contributed by atoms with van der Waals surface area (Å²) in [4.78, 5) is 10.2. The lowest BCUT2D eigenvalue weighted by Crippen LogP contribution is -2.29. The van der Waals surface area contributed by atoms with E-state index in [4.69, 9.17) is 15.3 Å². The zero-order valence-electron chi connectivity index (χ0n) is 8.28. The maximum absolute atomic E-state index is 10.2. The summed E-state index contributed by atoms with van der Waals surface area (Å²) < 4.78 is 0. The van der Waals surface area contributed by atoms with Crippen molar-refractivity contribution < 1.29 is 20.1 Å². The number of carbonyl (C=O) groups is 1. The average Bonchev–Trinajstić information content (AvgIpc) is 2.10. The van der Waals surface area contributed by atoms with Gasteiger partial charge in [0.05, 0.1) is 12.5 Å². The topological polar surface area (TPSA) is 89.8 Å². The quantitative estimate of drug-likeness (QED) is 0.384. The fourth-order valence-electron chi connectivity index (χ4n) is 1.08. The Kier molecular flexibility index (Phi) is 8.51. The minimum absolute atomic E-state index is 0.210. The number of unbranched alkanes of at least 4 members (excludes halogenated alkanes) is 2. The maximum atomic E-state index is 10.2. The molecule has 5 heteroatoms. The first-order valence-corrected chi connectivity index (χ1v) is 4.88. The molecule has 0 aromatic rings. The fourth-order valence-corrected chi connectivity index (χ4v) is 1.08. The molecule has 0 aliphatic heterocycles. The maximum Gasteiger partial charge on any atom is 0.306 e. The van der Waals surface area contributed by atoms with Crippen LogP contribution in [0.1, 0.15) is 25.7 Å². The van der Waals surface area contributed by atoms with Crippen molar-refractivity contribution in [1.82, 2.24) is 5.32 Å². The van der Waals surface area contributed by atoms with Gasteiger partial charge in [-0.3, -0.25) is 4.79 Å². The molecular weight excluding hydrogens is 186 g/mol. The van der Waals surface area contributed by atoms with Crippen LogP contribution in [0.3, 0.4) is 0 Å². The van der Waals surface area contributed by atoms with Crippen LogP contribution in [-0.4, -0.2) is 47.1 Å². The van der Waals surface area contributed by atoms with Crippen molar-refractivity contribution >= 4 is 5.97 Å². The zero-order valence-corrected chi connectivity index (χ0v) is 8.28. The van der Waals surface area contributed by atoms with E-state index < -0.39 is 12.1 Å². The van der Waals surface area contributed by atoms with Crippen LogP contribution in [0.5, 0.6) is 0 Å². The van der Waals surface area contributed by atoms with Crippen LogP contribution in [0, 0.1) is 0 Å². The third-order valence-electron chi connectivity index (χ3n) is 1.80. The highest BCUT2D eigenvalue weighted by molar-refractivity contribution is 5.67. The number of aliphatic carboxylic acids is 1. The molecule has 0 aliphatic rings. The van der Waals surface area contributed by atoms with E-state index in [1.54, 1.807) is 0 Å². The molecule has 0 aromatic heterocycles. The number of rotatable bonds is 9. The van der Waals surface area contributed by atoms with Gasteiger partial charge in [-0.25, -0.2) is 0 Å². The van der Waals surface area contributed by atoms with Gasteiger partial charge in [-0.1, -0.05) is 0 Å². The van der Waals surface area contributed by atoms with Gasteiger partial charge in [0, 0.05) is 13.2 Å². The van der Waals surface area contributed by atoms with Crippen LogP contribution in [0.15, 0.2) is 0 Å². The molecule has 1 unspecified atom stereocenters. The van der Waals surface area contributed by atoms with E-state index in [9.17, 15) is 4.79 Å². The zero-order chi connectivity index (χ0) is 10.8. The summed E-state index contributed by atoms with van der Waals surface area (Å²) in [5.74, 6) is -0.986. The van der Waals surface area contributed by atoms with E-state index in [1.807, 2.05) is 0 Å². The summed E-state index contributed by atoms with van der Waals surface area (Å²) in [5.41, 5.74) is 0. The standard InChI is InChI=1S/C9H19NO4/c11-5-3-1-2-4-10-7-8(12)6-9(13)14/h8,10-12H,1-7H2,(H,13,14). The molecule has 84 valence electrons. The minimum Gasteiger partial charge on any atom is -0.481 e. The molecule has 0 spiro atoms. The molecular formula is C9H19NO4. The van der Waals surface area contributed by atoms with Gasteiger partial charge in [-0.05, 0) is 25.8 Å². The molecule has 14 heavy (non-hydrogen) atoms. The summed E-state index contributed by atoms with van der Waals surface area (Å²) in [6.45, 7) is 1.27. The van der Waals surface area contributed by atoms with Crippen molar-refractivity contribution in [2.24, 2.45) is 0 Å². The molecule has 0 saturated carbocycles. The lowest BCUT2D eigenvalue weighted by atomic mass is 10.2. The Labute approximate surface area is 83.8 Å². The largest absolute Gasteiger partial charge is 0.481 e. The smallest absolute Gasteiger partial charge is 0.306 e. The predicted octanol–water partition coefficient (Wildman–Crippen LogP) is -0.426. The molecule has 0 amide bonds. The van der Waals surface area contributed by atoms with Gasteiger partial charge in [0.25, 0.3) is 0 Å². The third kappa shape index (κ3) is 9.44. The van der Waals surface area contributed by atoms with Crippen LogP contribution in [0.25, 0.3) is 0 Å².